The molecule has 0 aliphatic carbocycles. The van der Waals surface area contributed by atoms with Gasteiger partial charge in [0.1, 0.15) is 0 Å². The Kier molecular flexibility index (Phi) is 736. The van der Waals surface area contributed by atoms with Crippen LogP contribution in [0.25, 0.3) is 0 Å². The van der Waals surface area contributed by atoms with Gasteiger partial charge < -0.3 is 36.2 Å². The van der Waals surface area contributed by atoms with Crippen molar-refractivity contribution in [2.24, 2.45) is 0 Å². The molecule has 0 saturated carbocycles. The fourth-order valence-electron chi connectivity index (χ4n) is 0. The summed E-state index contributed by atoms with van der Waals surface area (Å²) < 4.78 is 0. The van der Waals surface area contributed by atoms with Gasteiger partial charge in [-0.25, -0.2) is 0 Å². The van der Waals surface area contributed by atoms with Crippen molar-refractivity contribution in [3.63, 3.8) is 0 Å². The Bertz CT molecular complexity index is 80.6. The van der Waals surface area contributed by atoms with E-state index in [0.29, 0.717) is 0 Å². The van der Waals surface area contributed by atoms with Crippen LogP contribution in [0.1, 0.15) is 0 Å². The zero-order chi connectivity index (χ0) is 10.8. The minimum absolute atomic E-state index is 0. The van der Waals surface area contributed by atoms with Gasteiger partial charge in [0, 0.05) is 12.9 Å². The van der Waals surface area contributed by atoms with Crippen LogP contribution in [0.2, 0.25) is 0 Å². The van der Waals surface area contributed by atoms with E-state index in [2.05, 4.69) is 0 Å². The van der Waals surface area contributed by atoms with Crippen LogP contribution in [-0.2, 0) is 38.7 Å². The molecule has 0 heterocycles. The third-order valence-corrected chi connectivity index (χ3v) is 0. The van der Waals surface area contributed by atoms with Gasteiger partial charge >= 0.3 is 19.5 Å². The largest absolute Gasteiger partial charge is 2.00 e. The standard InChI is InChI=1S/4CH2O2.H3N.H2S.Zn/c4*2-1-3;;;/h4*1H,(H,2,3);1H3;1H2;/q;;;;;;+2/p-2. The first-order valence-corrected chi connectivity index (χ1v) is 1.93. The fourth-order valence-corrected chi connectivity index (χ4v) is 0. The summed E-state index contributed by atoms with van der Waals surface area (Å²) in [5.41, 5.74) is 0. The van der Waals surface area contributed by atoms with Gasteiger partial charge in [-0.2, -0.15) is 13.5 Å². The summed E-state index contributed by atoms with van der Waals surface area (Å²) in [5.74, 6) is 0. The summed E-state index contributed by atoms with van der Waals surface area (Å²) in [6.45, 7) is -1.50. The third kappa shape index (κ3) is 1060. The quantitative estimate of drug-likeness (QED) is 0.299. The van der Waals surface area contributed by atoms with Gasteiger partial charge in [-0.1, -0.05) is 0 Å². The van der Waals surface area contributed by atoms with Gasteiger partial charge in [-0.3, -0.25) is 9.59 Å². The summed E-state index contributed by atoms with van der Waals surface area (Å²) in [7, 11) is 0. The van der Waals surface area contributed by atoms with E-state index in [1.807, 2.05) is 0 Å². The number of hydrogen-bond donors (Lipinski definition) is 3. The molecule has 0 aliphatic heterocycles. The second-order valence-electron chi connectivity index (χ2n) is 0.403. The number of rotatable bonds is 0. The van der Waals surface area contributed by atoms with Gasteiger partial charge in [0.15, 0.2) is 0 Å². The van der Waals surface area contributed by atoms with Gasteiger partial charge in [-0.05, 0) is 0 Å². The van der Waals surface area contributed by atoms with Crippen molar-refractivity contribution in [1.29, 1.82) is 0 Å². The zero-order valence-electron chi connectivity index (χ0n) is 7.57. The van der Waals surface area contributed by atoms with Crippen molar-refractivity contribution in [3.05, 3.63) is 0 Å². The van der Waals surface area contributed by atoms with Crippen LogP contribution in [0.5, 0.6) is 0 Å². The van der Waals surface area contributed by atoms with Crippen molar-refractivity contribution < 1.29 is 59.1 Å². The molecule has 0 fully saturated rings. The maximum Gasteiger partial charge on any atom is 2.00 e. The Morgan fingerprint density at radius 3 is 0.800 bits per heavy atom. The monoisotopic (exact) mass is 297 g/mol. The summed E-state index contributed by atoms with van der Waals surface area (Å²) in [4.78, 5) is 33.2. The van der Waals surface area contributed by atoms with Crippen LogP contribution in [0.3, 0.4) is 0 Å². The predicted octanol–water partition coefficient (Wildman–Crippen LogP) is -3.59. The molecule has 0 saturated heterocycles. The van der Waals surface area contributed by atoms with Crippen LogP contribution in [0, 0.1) is 0 Å². The van der Waals surface area contributed by atoms with Crippen molar-refractivity contribution >= 4 is 39.4 Å². The zero-order valence-corrected chi connectivity index (χ0v) is 11.5. The molecule has 0 aromatic rings. The van der Waals surface area contributed by atoms with Crippen LogP contribution >= 0.6 is 13.5 Å². The van der Waals surface area contributed by atoms with Crippen LogP contribution in [-0.4, -0.2) is 36.1 Å². The molecular weight excluding hydrogens is 288 g/mol. The molecule has 11 heteroatoms. The van der Waals surface area contributed by atoms with Gasteiger partial charge in [0.05, 0.1) is 0 Å². The molecule has 0 amide bonds. The summed E-state index contributed by atoms with van der Waals surface area (Å²) in [5, 5.41) is 30.3. The minimum Gasteiger partial charge on any atom is -0.554 e. The molecule has 0 unspecified atom stereocenters. The molecule has 0 rings (SSSR count). The van der Waals surface area contributed by atoms with E-state index in [0.717, 1.165) is 0 Å². The Hall–Kier alpha value is -1.19. The number of carboxylic acid groups (broad SMARTS) is 4. The molecule has 0 atom stereocenters. The Labute approximate surface area is 105 Å². The smallest absolute Gasteiger partial charge is 0.554 e. The molecule has 0 aliphatic rings. The van der Waals surface area contributed by atoms with E-state index < -0.39 is 12.9 Å². The van der Waals surface area contributed by atoms with E-state index in [9.17, 15) is 0 Å². The SMILES string of the molecule is N.O=CO.O=CO.O=C[O-].O=C[O-].S.[Zn+2]. The van der Waals surface area contributed by atoms with Crippen molar-refractivity contribution in [2.75, 3.05) is 0 Å². The Morgan fingerprint density at radius 2 is 0.800 bits per heavy atom. The van der Waals surface area contributed by atoms with Crippen molar-refractivity contribution in [2.45, 2.75) is 0 Å². The predicted molar refractivity (Wildman–Crippen MR) is 44.9 cm³/mol. The van der Waals surface area contributed by atoms with Crippen LogP contribution in [0.4, 0.5) is 0 Å². The molecule has 88 valence electrons. The van der Waals surface area contributed by atoms with E-state index in [4.69, 9.17) is 39.6 Å². The summed E-state index contributed by atoms with van der Waals surface area (Å²) >= 11 is 0. The van der Waals surface area contributed by atoms with Gasteiger partial charge in [0.25, 0.3) is 12.9 Å². The van der Waals surface area contributed by atoms with Crippen molar-refractivity contribution in [3.8, 4) is 0 Å². The van der Waals surface area contributed by atoms with Crippen molar-refractivity contribution in [1.82, 2.24) is 6.15 Å². The maximum absolute atomic E-state index is 8.36. The molecule has 0 aromatic carbocycles. The number of carbonyl (C=O) groups is 4. The van der Waals surface area contributed by atoms with E-state index in [1.54, 1.807) is 0 Å². The van der Waals surface area contributed by atoms with Gasteiger partial charge in [-0.15, -0.1) is 0 Å². The van der Waals surface area contributed by atoms with E-state index >= 15 is 0 Å². The molecule has 0 spiro atoms. The Morgan fingerprint density at radius 1 is 0.800 bits per heavy atom. The molecular formula is C4H11NO8SZn. The first-order valence-electron chi connectivity index (χ1n) is 1.93. The summed E-state index contributed by atoms with van der Waals surface area (Å²) in [6, 6.07) is 0. The van der Waals surface area contributed by atoms with E-state index in [-0.39, 0.29) is 52.1 Å². The molecule has 0 aromatic heterocycles. The van der Waals surface area contributed by atoms with Crippen LogP contribution < -0.4 is 16.4 Å². The Balaban J connectivity index is -0.0000000107. The second-order valence-corrected chi connectivity index (χ2v) is 0.403. The minimum atomic E-state index is -0.500. The maximum atomic E-state index is 8.36. The number of hydrogen-bond acceptors (Lipinski definition) is 7. The van der Waals surface area contributed by atoms with E-state index in [1.165, 1.54) is 0 Å². The van der Waals surface area contributed by atoms with Gasteiger partial charge in [0.2, 0.25) is 0 Å². The molecule has 0 radical (unpaired) electrons. The summed E-state index contributed by atoms with van der Waals surface area (Å²) in [6.07, 6.45) is 0. The molecule has 0 bridgehead atoms. The average Bonchev–Trinajstić information content (AvgIpc) is 1.92. The second kappa shape index (κ2) is 226. The first kappa shape index (κ1) is 48.9. The van der Waals surface area contributed by atoms with Crippen LogP contribution in [0.15, 0.2) is 0 Å². The average molecular weight is 299 g/mol. The fraction of sp³-hybridized carbons (Fsp3) is 0. The first-order chi connectivity index (χ1) is 5.66. The number of carbonyl (C=O) groups excluding carboxylic acids is 2. The topological polar surface area (TPSA) is 190 Å². The third-order valence-electron chi connectivity index (χ3n) is 0. The molecule has 15 heavy (non-hydrogen) atoms. The molecule has 5 N–H and O–H groups in total. The normalized spacial score (nSPS) is 3.20. The molecule has 9 nitrogen and oxygen atoms in total.